The van der Waals surface area contributed by atoms with Crippen molar-refractivity contribution in [3.63, 3.8) is 0 Å². The molecule has 3 N–H and O–H groups in total. The Balaban J connectivity index is 1.78. The van der Waals surface area contributed by atoms with E-state index in [0.717, 1.165) is 31.2 Å². The van der Waals surface area contributed by atoms with Crippen LogP contribution < -0.4 is 11.1 Å². The van der Waals surface area contributed by atoms with Crippen LogP contribution in [0, 0.1) is 5.41 Å². The van der Waals surface area contributed by atoms with Crippen molar-refractivity contribution in [1.82, 2.24) is 4.90 Å². The quantitative estimate of drug-likeness (QED) is 0.592. The lowest BCUT2D eigenvalue weighted by Crippen LogP contribution is -2.52. The highest BCUT2D eigenvalue weighted by Gasteiger charge is 2.32. The van der Waals surface area contributed by atoms with Gasteiger partial charge in [-0.05, 0) is 54.2 Å². The number of hydrogen-bond donors (Lipinski definition) is 2. The average Bonchev–Trinajstić information content (AvgIpc) is 2.71. The number of carbonyl (C=O) groups excluding carboxylic acids is 2. The van der Waals surface area contributed by atoms with Gasteiger partial charge < -0.3 is 16.0 Å². The number of amides is 2. The van der Waals surface area contributed by atoms with Gasteiger partial charge in [-0.15, -0.1) is 0 Å². The molecule has 0 saturated heterocycles. The van der Waals surface area contributed by atoms with Gasteiger partial charge in [-0.25, -0.2) is 0 Å². The van der Waals surface area contributed by atoms with Crippen LogP contribution in [0.1, 0.15) is 68.8 Å². The number of hydrogen-bond acceptors (Lipinski definition) is 3. The molecule has 0 radical (unpaired) electrons. The number of nitrogens with zero attached hydrogens (tertiary/aromatic N) is 1. The molecule has 2 amide bonds. The first-order valence-electron chi connectivity index (χ1n) is 11.3. The van der Waals surface area contributed by atoms with E-state index in [1.54, 1.807) is 24.3 Å². The number of benzene rings is 2. The summed E-state index contributed by atoms with van der Waals surface area (Å²) in [5.41, 5.74) is 8.50. The van der Waals surface area contributed by atoms with E-state index in [1.165, 1.54) is 0 Å². The molecule has 0 bridgehead atoms. The topological polar surface area (TPSA) is 75.4 Å². The van der Waals surface area contributed by atoms with E-state index < -0.39 is 0 Å². The fourth-order valence-electron chi connectivity index (χ4n) is 4.25. The van der Waals surface area contributed by atoms with E-state index in [0.29, 0.717) is 29.2 Å². The van der Waals surface area contributed by atoms with Gasteiger partial charge in [-0.2, -0.15) is 0 Å². The highest BCUT2D eigenvalue weighted by molar-refractivity contribution is 6.31. The molecular formula is C26H34ClN3O2. The minimum Gasteiger partial charge on any atom is -0.334 e. The first kappa shape index (κ1) is 24.3. The van der Waals surface area contributed by atoms with Crippen molar-refractivity contribution >= 4 is 29.1 Å². The molecule has 1 fully saturated rings. The zero-order chi connectivity index (χ0) is 23.3. The predicted molar refractivity (Wildman–Crippen MR) is 131 cm³/mol. The van der Waals surface area contributed by atoms with Crippen LogP contribution in [0.5, 0.6) is 0 Å². The Bertz CT molecular complexity index is 954. The number of carbonyl (C=O) groups is 2. The summed E-state index contributed by atoms with van der Waals surface area (Å²) in [4.78, 5) is 27.8. The molecule has 1 aliphatic carbocycles. The van der Waals surface area contributed by atoms with E-state index in [1.807, 2.05) is 29.2 Å². The maximum Gasteiger partial charge on any atom is 0.255 e. The van der Waals surface area contributed by atoms with Crippen molar-refractivity contribution in [2.75, 3.05) is 5.32 Å². The minimum absolute atomic E-state index is 0.00150. The van der Waals surface area contributed by atoms with Gasteiger partial charge >= 0.3 is 0 Å². The van der Waals surface area contributed by atoms with Crippen LogP contribution in [0.3, 0.4) is 0 Å². The lowest BCUT2D eigenvalue weighted by Gasteiger charge is -2.39. The predicted octanol–water partition coefficient (Wildman–Crippen LogP) is 5.63. The minimum atomic E-state index is -0.223. The Hall–Kier alpha value is -2.37. The molecule has 5 nitrogen and oxygen atoms in total. The molecule has 0 heterocycles. The molecule has 3 rings (SSSR count). The van der Waals surface area contributed by atoms with Crippen LogP contribution in [0.2, 0.25) is 5.02 Å². The van der Waals surface area contributed by atoms with Crippen molar-refractivity contribution in [1.29, 1.82) is 0 Å². The lowest BCUT2D eigenvalue weighted by molar-refractivity contribution is -0.137. The highest BCUT2D eigenvalue weighted by atomic mass is 35.5. The second-order valence-corrected chi connectivity index (χ2v) is 10.4. The SMILES string of the molecule is CC(C)(C)CC(=O)N(Cc1cccc(NC(=O)c2cccc(Cl)c2)c1)C1CCCCC1N. The third kappa shape index (κ3) is 6.81. The zero-order valence-electron chi connectivity index (χ0n) is 19.2. The fourth-order valence-corrected chi connectivity index (χ4v) is 4.44. The summed E-state index contributed by atoms with van der Waals surface area (Å²) < 4.78 is 0. The summed E-state index contributed by atoms with van der Waals surface area (Å²) in [6, 6.07) is 14.5. The third-order valence-electron chi connectivity index (χ3n) is 5.81. The van der Waals surface area contributed by atoms with E-state index in [9.17, 15) is 9.59 Å². The summed E-state index contributed by atoms with van der Waals surface area (Å²) in [6.07, 6.45) is 4.56. The first-order chi connectivity index (χ1) is 15.1. The smallest absolute Gasteiger partial charge is 0.255 e. The van der Waals surface area contributed by atoms with Crippen LogP contribution >= 0.6 is 11.6 Å². The van der Waals surface area contributed by atoms with Gasteiger partial charge in [0.2, 0.25) is 5.91 Å². The van der Waals surface area contributed by atoms with Crippen LogP contribution in [0.25, 0.3) is 0 Å². The van der Waals surface area contributed by atoms with Crippen LogP contribution in [-0.4, -0.2) is 28.8 Å². The number of rotatable bonds is 6. The molecule has 2 unspecified atom stereocenters. The van der Waals surface area contributed by atoms with Crippen molar-refractivity contribution in [3.05, 3.63) is 64.7 Å². The number of halogens is 1. The Morgan fingerprint density at radius 1 is 1.09 bits per heavy atom. The summed E-state index contributed by atoms with van der Waals surface area (Å²) in [5.74, 6) is -0.0900. The number of anilines is 1. The third-order valence-corrected chi connectivity index (χ3v) is 6.04. The standard InChI is InChI=1S/C26H34ClN3O2/c1-26(2,3)16-24(31)30(23-13-5-4-12-22(23)28)17-18-8-6-11-21(14-18)29-25(32)19-9-7-10-20(27)15-19/h6-11,14-15,22-23H,4-5,12-13,16-17,28H2,1-3H3,(H,29,32). The van der Waals surface area contributed by atoms with Gasteiger partial charge in [0.1, 0.15) is 0 Å². The van der Waals surface area contributed by atoms with Gasteiger partial charge in [-0.1, -0.05) is 63.4 Å². The monoisotopic (exact) mass is 455 g/mol. The van der Waals surface area contributed by atoms with E-state index >= 15 is 0 Å². The molecule has 0 aromatic heterocycles. The normalized spacial score (nSPS) is 18.8. The summed E-state index contributed by atoms with van der Waals surface area (Å²) in [6.45, 7) is 6.72. The second kappa shape index (κ2) is 10.5. The Kier molecular flexibility index (Phi) is 7.96. The first-order valence-corrected chi connectivity index (χ1v) is 11.7. The summed E-state index contributed by atoms with van der Waals surface area (Å²) in [7, 11) is 0. The Labute approximate surface area is 196 Å². The largest absolute Gasteiger partial charge is 0.334 e. The maximum atomic E-state index is 13.3. The van der Waals surface area contributed by atoms with E-state index in [2.05, 4.69) is 26.1 Å². The Morgan fingerprint density at radius 2 is 1.81 bits per heavy atom. The van der Waals surface area contributed by atoms with Crippen LogP contribution in [0.4, 0.5) is 5.69 Å². The van der Waals surface area contributed by atoms with Gasteiger partial charge in [0, 0.05) is 41.3 Å². The molecule has 6 heteroatoms. The molecule has 2 aromatic carbocycles. The summed E-state index contributed by atoms with van der Waals surface area (Å²) >= 11 is 6.01. The van der Waals surface area contributed by atoms with Gasteiger partial charge in [0.15, 0.2) is 0 Å². The molecule has 32 heavy (non-hydrogen) atoms. The molecule has 0 spiro atoms. The molecule has 172 valence electrons. The van der Waals surface area contributed by atoms with Crippen molar-refractivity contribution in [3.8, 4) is 0 Å². The van der Waals surface area contributed by atoms with Crippen LogP contribution in [0.15, 0.2) is 48.5 Å². The fraction of sp³-hybridized carbons (Fsp3) is 0.462. The number of nitrogens with one attached hydrogen (secondary N) is 1. The molecule has 2 atom stereocenters. The van der Waals surface area contributed by atoms with Crippen LogP contribution in [-0.2, 0) is 11.3 Å². The molecular weight excluding hydrogens is 422 g/mol. The molecule has 1 saturated carbocycles. The zero-order valence-corrected chi connectivity index (χ0v) is 20.0. The van der Waals surface area contributed by atoms with E-state index in [-0.39, 0.29) is 29.3 Å². The lowest BCUT2D eigenvalue weighted by atomic mass is 9.87. The number of nitrogens with two attached hydrogens (primary N) is 1. The van der Waals surface area contributed by atoms with Gasteiger partial charge in [0.25, 0.3) is 5.91 Å². The van der Waals surface area contributed by atoms with Gasteiger partial charge in [0.05, 0.1) is 0 Å². The second-order valence-electron chi connectivity index (χ2n) is 9.94. The average molecular weight is 456 g/mol. The highest BCUT2D eigenvalue weighted by Crippen LogP contribution is 2.28. The van der Waals surface area contributed by atoms with Crippen molar-refractivity contribution < 1.29 is 9.59 Å². The Morgan fingerprint density at radius 3 is 2.50 bits per heavy atom. The van der Waals surface area contributed by atoms with Crippen molar-refractivity contribution in [2.24, 2.45) is 11.1 Å². The molecule has 1 aliphatic rings. The van der Waals surface area contributed by atoms with E-state index in [4.69, 9.17) is 17.3 Å². The molecule has 2 aromatic rings. The van der Waals surface area contributed by atoms with Gasteiger partial charge in [-0.3, -0.25) is 9.59 Å². The van der Waals surface area contributed by atoms with Crippen molar-refractivity contribution in [2.45, 2.75) is 71.5 Å². The maximum absolute atomic E-state index is 13.3. The molecule has 0 aliphatic heterocycles. The summed E-state index contributed by atoms with van der Waals surface area (Å²) in [5, 5.41) is 3.45.